The van der Waals surface area contributed by atoms with Crippen molar-refractivity contribution in [2.24, 2.45) is 5.10 Å². The van der Waals surface area contributed by atoms with E-state index in [1.54, 1.807) is 12.1 Å². The van der Waals surface area contributed by atoms with Crippen molar-refractivity contribution in [3.63, 3.8) is 0 Å². The number of hydrogen-bond acceptors (Lipinski definition) is 6. The minimum Gasteiger partial charge on any atom is -0.507 e. The number of halogens is 1. The molecule has 0 fully saturated rings. The van der Waals surface area contributed by atoms with Crippen LogP contribution in [-0.4, -0.2) is 34.6 Å². The summed E-state index contributed by atoms with van der Waals surface area (Å²) in [5.74, 6) is -1.24. The fraction of sp³-hybridized carbons (Fsp3) is 0.0625. The molecule has 0 aliphatic heterocycles. The Bertz CT molecular complexity index is 885. The van der Waals surface area contributed by atoms with Crippen LogP contribution in [-0.2, 0) is 4.79 Å². The summed E-state index contributed by atoms with van der Waals surface area (Å²) < 4.78 is 0.729. The minimum atomic E-state index is -0.627. The molecule has 9 nitrogen and oxygen atoms in total. The van der Waals surface area contributed by atoms with Gasteiger partial charge < -0.3 is 10.4 Å². The van der Waals surface area contributed by atoms with Crippen molar-refractivity contribution in [2.75, 3.05) is 6.54 Å². The van der Waals surface area contributed by atoms with Gasteiger partial charge in [-0.05, 0) is 24.3 Å². The van der Waals surface area contributed by atoms with Crippen molar-refractivity contribution in [3.8, 4) is 5.75 Å². The monoisotopic (exact) mass is 420 g/mol. The van der Waals surface area contributed by atoms with Crippen molar-refractivity contribution >= 4 is 39.6 Å². The van der Waals surface area contributed by atoms with E-state index in [1.165, 1.54) is 30.5 Å². The number of hydrogen-bond donors (Lipinski definition) is 3. The lowest BCUT2D eigenvalue weighted by atomic mass is 10.2. The molecule has 3 N–H and O–H groups in total. The predicted molar refractivity (Wildman–Crippen MR) is 97.0 cm³/mol. The Hall–Kier alpha value is -3.27. The highest BCUT2D eigenvalue weighted by Crippen LogP contribution is 2.19. The highest BCUT2D eigenvalue weighted by molar-refractivity contribution is 9.10. The Morgan fingerprint density at radius 3 is 2.77 bits per heavy atom. The van der Waals surface area contributed by atoms with Gasteiger partial charge in [0, 0.05) is 27.7 Å². The molecule has 0 saturated heterocycles. The average Bonchev–Trinajstić information content (AvgIpc) is 2.62. The molecular weight excluding hydrogens is 408 g/mol. The number of aromatic hydroxyl groups is 1. The van der Waals surface area contributed by atoms with Crippen molar-refractivity contribution in [1.82, 2.24) is 10.7 Å². The maximum Gasteiger partial charge on any atom is 0.270 e. The summed E-state index contributed by atoms with van der Waals surface area (Å²) >= 11 is 3.24. The first kappa shape index (κ1) is 19.1. The number of amides is 2. The summed E-state index contributed by atoms with van der Waals surface area (Å²) in [5, 5.41) is 26.3. The largest absolute Gasteiger partial charge is 0.507 e. The van der Waals surface area contributed by atoms with E-state index in [9.17, 15) is 24.8 Å². The number of non-ortho nitro benzene ring substituents is 1. The zero-order chi connectivity index (χ0) is 19.1. The lowest BCUT2D eigenvalue weighted by Crippen LogP contribution is -2.34. The van der Waals surface area contributed by atoms with E-state index in [2.05, 4.69) is 31.8 Å². The van der Waals surface area contributed by atoms with Gasteiger partial charge in [0.05, 0.1) is 17.7 Å². The van der Waals surface area contributed by atoms with Crippen molar-refractivity contribution < 1.29 is 19.6 Å². The van der Waals surface area contributed by atoms with Crippen LogP contribution in [0.4, 0.5) is 5.69 Å². The van der Waals surface area contributed by atoms with Gasteiger partial charge in [-0.3, -0.25) is 19.7 Å². The summed E-state index contributed by atoms with van der Waals surface area (Å²) in [5.41, 5.74) is 2.43. The molecule has 0 atom stereocenters. The molecule has 2 amide bonds. The number of benzene rings is 2. The zero-order valence-electron chi connectivity index (χ0n) is 13.2. The van der Waals surface area contributed by atoms with E-state index >= 15 is 0 Å². The molecule has 0 aromatic heterocycles. The Balaban J connectivity index is 1.87. The van der Waals surface area contributed by atoms with E-state index in [-0.39, 0.29) is 23.5 Å². The quantitative estimate of drug-likeness (QED) is 0.372. The first-order chi connectivity index (χ1) is 12.4. The smallest absolute Gasteiger partial charge is 0.270 e. The van der Waals surface area contributed by atoms with Crippen LogP contribution in [0.2, 0.25) is 0 Å². The van der Waals surface area contributed by atoms with Gasteiger partial charge in [0.1, 0.15) is 5.75 Å². The van der Waals surface area contributed by atoms with Crippen molar-refractivity contribution in [2.45, 2.75) is 0 Å². The summed E-state index contributed by atoms with van der Waals surface area (Å²) in [7, 11) is 0. The second-order valence-corrected chi connectivity index (χ2v) is 5.90. The molecule has 0 bridgehead atoms. The fourth-order valence-electron chi connectivity index (χ4n) is 1.87. The normalized spacial score (nSPS) is 10.5. The molecule has 0 aliphatic carbocycles. The average molecular weight is 421 g/mol. The first-order valence-electron chi connectivity index (χ1n) is 7.20. The zero-order valence-corrected chi connectivity index (χ0v) is 14.8. The highest BCUT2D eigenvalue weighted by Gasteiger charge is 2.12. The van der Waals surface area contributed by atoms with E-state index in [0.717, 1.165) is 10.5 Å². The van der Waals surface area contributed by atoms with Gasteiger partial charge in [-0.2, -0.15) is 5.10 Å². The highest BCUT2D eigenvalue weighted by atomic mass is 79.9. The molecular formula is C16H13BrN4O5. The third-order valence-corrected chi connectivity index (χ3v) is 3.60. The predicted octanol–water partition coefficient (Wildman–Crippen LogP) is 1.94. The van der Waals surface area contributed by atoms with Gasteiger partial charge in [-0.25, -0.2) is 5.43 Å². The molecule has 134 valence electrons. The maximum atomic E-state index is 11.9. The molecule has 26 heavy (non-hydrogen) atoms. The third kappa shape index (κ3) is 5.38. The molecule has 0 spiro atoms. The topological polar surface area (TPSA) is 134 Å². The van der Waals surface area contributed by atoms with Gasteiger partial charge >= 0.3 is 0 Å². The number of nitrogens with one attached hydrogen (secondary N) is 2. The van der Waals surface area contributed by atoms with Crippen LogP contribution >= 0.6 is 15.9 Å². The maximum absolute atomic E-state index is 11.9. The molecule has 0 aliphatic rings. The Kier molecular flexibility index (Phi) is 6.39. The van der Waals surface area contributed by atoms with Crippen LogP contribution in [0.15, 0.2) is 52.0 Å². The van der Waals surface area contributed by atoms with Gasteiger partial charge in [0.2, 0.25) is 0 Å². The molecule has 0 saturated carbocycles. The van der Waals surface area contributed by atoms with Crippen molar-refractivity contribution in [1.29, 1.82) is 0 Å². The Morgan fingerprint density at radius 2 is 2.04 bits per heavy atom. The first-order valence-corrected chi connectivity index (χ1v) is 7.99. The van der Waals surface area contributed by atoms with Crippen molar-refractivity contribution in [3.05, 3.63) is 68.2 Å². The second-order valence-electron chi connectivity index (χ2n) is 4.99. The number of rotatable bonds is 6. The van der Waals surface area contributed by atoms with Gasteiger partial charge in [-0.1, -0.05) is 22.0 Å². The summed E-state index contributed by atoms with van der Waals surface area (Å²) in [4.78, 5) is 33.7. The molecule has 0 heterocycles. The molecule has 2 aromatic carbocycles. The number of carbonyl (C=O) groups excluding carboxylic acids is 2. The Morgan fingerprint density at radius 1 is 1.27 bits per heavy atom. The number of carbonyl (C=O) groups is 2. The van der Waals surface area contributed by atoms with Crippen LogP contribution in [0.3, 0.4) is 0 Å². The Labute approximate surface area is 156 Å². The summed E-state index contributed by atoms with van der Waals surface area (Å²) in [6.45, 7) is -0.372. The van der Waals surface area contributed by atoms with E-state index in [0.29, 0.717) is 5.56 Å². The van der Waals surface area contributed by atoms with Crippen LogP contribution in [0.5, 0.6) is 5.75 Å². The second kappa shape index (κ2) is 8.72. The van der Waals surface area contributed by atoms with E-state index in [1.807, 2.05) is 0 Å². The number of phenolic OH excluding ortho intramolecular Hbond substituents is 1. The SMILES string of the molecule is O=C(CNC(=O)c1cccc([N+](=O)[O-])c1)N/N=C/c1cc(Br)ccc1O. The molecule has 2 aromatic rings. The standard InChI is InChI=1S/C16H13BrN4O5/c17-12-4-5-14(22)11(6-12)8-19-20-15(23)9-18-16(24)10-2-1-3-13(7-10)21(25)26/h1-8,22H,9H2,(H,18,24)(H,20,23)/b19-8+. The van der Waals surface area contributed by atoms with Crippen LogP contribution in [0.25, 0.3) is 0 Å². The van der Waals surface area contributed by atoms with Gasteiger partial charge in [-0.15, -0.1) is 0 Å². The van der Waals surface area contributed by atoms with E-state index in [4.69, 9.17) is 0 Å². The lowest BCUT2D eigenvalue weighted by molar-refractivity contribution is -0.384. The van der Waals surface area contributed by atoms with Crippen LogP contribution in [0.1, 0.15) is 15.9 Å². The molecule has 2 rings (SSSR count). The van der Waals surface area contributed by atoms with Crippen LogP contribution < -0.4 is 10.7 Å². The van der Waals surface area contributed by atoms with Crippen LogP contribution in [0, 0.1) is 10.1 Å². The summed E-state index contributed by atoms with van der Waals surface area (Å²) in [6.07, 6.45) is 1.25. The molecule has 10 heteroatoms. The lowest BCUT2D eigenvalue weighted by Gasteiger charge is -2.04. The number of nitro benzene ring substituents is 1. The number of hydrazone groups is 1. The van der Waals surface area contributed by atoms with E-state index < -0.39 is 16.7 Å². The van der Waals surface area contributed by atoms with Gasteiger partial charge in [0.25, 0.3) is 17.5 Å². The minimum absolute atomic E-state index is 0.00910. The molecule has 0 radical (unpaired) electrons. The fourth-order valence-corrected chi connectivity index (χ4v) is 2.24. The number of phenols is 1. The number of nitro groups is 1. The number of nitrogens with zero attached hydrogens (tertiary/aromatic N) is 2. The third-order valence-electron chi connectivity index (χ3n) is 3.11. The molecule has 0 unspecified atom stereocenters. The summed E-state index contributed by atoms with van der Waals surface area (Å²) in [6, 6.07) is 9.86. The van der Waals surface area contributed by atoms with Gasteiger partial charge in [0.15, 0.2) is 0 Å².